The maximum atomic E-state index is 14.3. The number of carbonyl (C=O) groups is 1. The standard InChI is InChI=1S/C21H21FN2O4S2/c1-14-2-4-19(18(22)10-14)23-6-8-24(9-7-23)30(27,28)16-3-5-20-17(12-16)15(13-29-20)11-21(25)26/h2-5,10,12-13H,6-9,11H2,1H3,(H,25,26). The van der Waals surface area contributed by atoms with E-state index in [4.69, 9.17) is 5.11 Å². The van der Waals surface area contributed by atoms with Gasteiger partial charge >= 0.3 is 5.97 Å². The van der Waals surface area contributed by atoms with Crippen LogP contribution in [0.1, 0.15) is 11.1 Å². The number of hydrogen-bond donors (Lipinski definition) is 1. The number of benzene rings is 2. The molecule has 0 bridgehead atoms. The van der Waals surface area contributed by atoms with Crippen LogP contribution in [0.2, 0.25) is 0 Å². The molecule has 30 heavy (non-hydrogen) atoms. The maximum Gasteiger partial charge on any atom is 0.307 e. The zero-order valence-electron chi connectivity index (χ0n) is 16.3. The van der Waals surface area contributed by atoms with Crippen molar-refractivity contribution in [1.29, 1.82) is 0 Å². The van der Waals surface area contributed by atoms with E-state index >= 15 is 0 Å². The Morgan fingerprint density at radius 3 is 2.53 bits per heavy atom. The zero-order chi connectivity index (χ0) is 21.5. The SMILES string of the molecule is Cc1ccc(N2CCN(S(=O)(=O)c3ccc4scc(CC(=O)O)c4c3)CC2)c(F)c1. The molecule has 1 saturated heterocycles. The number of nitrogens with zero attached hydrogens (tertiary/aromatic N) is 2. The van der Waals surface area contributed by atoms with Gasteiger partial charge in [-0.15, -0.1) is 11.3 Å². The van der Waals surface area contributed by atoms with E-state index in [2.05, 4.69) is 0 Å². The number of piperazine rings is 1. The lowest BCUT2D eigenvalue weighted by Gasteiger charge is -2.35. The number of thiophene rings is 1. The zero-order valence-corrected chi connectivity index (χ0v) is 18.0. The highest BCUT2D eigenvalue weighted by Gasteiger charge is 2.29. The van der Waals surface area contributed by atoms with E-state index in [0.717, 1.165) is 10.3 Å². The Labute approximate surface area is 178 Å². The van der Waals surface area contributed by atoms with Crippen molar-refractivity contribution in [3.63, 3.8) is 0 Å². The van der Waals surface area contributed by atoms with E-state index in [9.17, 15) is 17.6 Å². The van der Waals surface area contributed by atoms with Crippen LogP contribution in [0.3, 0.4) is 0 Å². The summed E-state index contributed by atoms with van der Waals surface area (Å²) in [7, 11) is -3.73. The second kappa shape index (κ2) is 7.98. The molecular weight excluding hydrogens is 427 g/mol. The molecule has 0 saturated carbocycles. The highest BCUT2D eigenvalue weighted by Crippen LogP contribution is 2.30. The number of aliphatic carboxylic acids is 1. The molecule has 6 nitrogen and oxygen atoms in total. The van der Waals surface area contributed by atoms with Crippen molar-refractivity contribution in [2.24, 2.45) is 0 Å². The quantitative estimate of drug-likeness (QED) is 0.647. The summed E-state index contributed by atoms with van der Waals surface area (Å²) >= 11 is 1.40. The minimum absolute atomic E-state index is 0.148. The fraction of sp³-hybridized carbons (Fsp3) is 0.286. The number of sulfonamides is 1. The molecule has 1 N–H and O–H groups in total. The van der Waals surface area contributed by atoms with Crippen molar-refractivity contribution in [2.45, 2.75) is 18.2 Å². The average Bonchev–Trinajstić information content (AvgIpc) is 3.09. The molecule has 3 aromatic rings. The Morgan fingerprint density at radius 1 is 1.13 bits per heavy atom. The molecule has 1 aliphatic rings. The van der Waals surface area contributed by atoms with Gasteiger partial charge in [0, 0.05) is 30.9 Å². The van der Waals surface area contributed by atoms with Crippen LogP contribution in [0.5, 0.6) is 0 Å². The molecule has 1 aliphatic heterocycles. The van der Waals surface area contributed by atoms with Gasteiger partial charge in [0.1, 0.15) is 5.82 Å². The van der Waals surface area contributed by atoms with Gasteiger partial charge in [0.2, 0.25) is 10.0 Å². The normalized spacial score (nSPS) is 15.6. The number of anilines is 1. The summed E-state index contributed by atoms with van der Waals surface area (Å²) in [6.45, 7) is 3.11. The molecule has 0 unspecified atom stereocenters. The number of halogens is 1. The van der Waals surface area contributed by atoms with Crippen LogP contribution in [-0.4, -0.2) is 50.0 Å². The van der Waals surface area contributed by atoms with Crippen molar-refractivity contribution >= 4 is 43.1 Å². The van der Waals surface area contributed by atoms with E-state index in [0.29, 0.717) is 29.7 Å². The number of rotatable bonds is 5. The first-order valence-electron chi connectivity index (χ1n) is 9.49. The molecule has 1 fully saturated rings. The fourth-order valence-electron chi connectivity index (χ4n) is 3.71. The Morgan fingerprint density at radius 2 is 1.87 bits per heavy atom. The molecule has 0 atom stereocenters. The van der Waals surface area contributed by atoms with Gasteiger partial charge in [0.15, 0.2) is 0 Å². The van der Waals surface area contributed by atoms with Crippen LogP contribution in [0, 0.1) is 12.7 Å². The Kier molecular flexibility index (Phi) is 5.52. The third-order valence-electron chi connectivity index (χ3n) is 5.29. The van der Waals surface area contributed by atoms with Crippen molar-refractivity contribution in [3.05, 3.63) is 58.7 Å². The van der Waals surface area contributed by atoms with Crippen molar-refractivity contribution < 1.29 is 22.7 Å². The molecule has 0 aliphatic carbocycles. The van der Waals surface area contributed by atoms with Crippen LogP contribution in [0.4, 0.5) is 10.1 Å². The van der Waals surface area contributed by atoms with Crippen molar-refractivity contribution in [1.82, 2.24) is 4.31 Å². The molecular formula is C21H21FN2O4S2. The largest absolute Gasteiger partial charge is 0.481 e. The van der Waals surface area contributed by atoms with Gasteiger partial charge in [-0.2, -0.15) is 4.31 Å². The number of carboxylic acid groups (broad SMARTS) is 1. The third kappa shape index (κ3) is 3.92. The lowest BCUT2D eigenvalue weighted by Crippen LogP contribution is -2.48. The van der Waals surface area contributed by atoms with Gasteiger partial charge in [-0.1, -0.05) is 6.07 Å². The Balaban J connectivity index is 1.55. The van der Waals surface area contributed by atoms with Crippen LogP contribution >= 0.6 is 11.3 Å². The van der Waals surface area contributed by atoms with Gasteiger partial charge in [0.25, 0.3) is 0 Å². The first-order valence-corrected chi connectivity index (χ1v) is 11.8. The third-order valence-corrected chi connectivity index (χ3v) is 8.19. The summed E-state index contributed by atoms with van der Waals surface area (Å²) in [5.74, 6) is -1.26. The lowest BCUT2D eigenvalue weighted by atomic mass is 10.1. The molecule has 1 aromatic heterocycles. The Bertz CT molecular complexity index is 1210. The summed E-state index contributed by atoms with van der Waals surface area (Å²) in [6, 6.07) is 9.88. The minimum atomic E-state index is -3.73. The highest BCUT2D eigenvalue weighted by atomic mass is 32.2. The second-order valence-electron chi connectivity index (χ2n) is 7.34. The van der Waals surface area contributed by atoms with Gasteiger partial charge in [0.05, 0.1) is 17.0 Å². The topological polar surface area (TPSA) is 77.9 Å². The van der Waals surface area contributed by atoms with E-state index in [1.807, 2.05) is 17.9 Å². The average molecular weight is 449 g/mol. The van der Waals surface area contributed by atoms with Crippen LogP contribution < -0.4 is 4.90 Å². The molecule has 0 amide bonds. The van der Waals surface area contributed by atoms with Crippen LogP contribution in [-0.2, 0) is 21.2 Å². The van der Waals surface area contributed by atoms with Gasteiger partial charge in [-0.05, 0) is 59.1 Å². The molecule has 2 heterocycles. The monoisotopic (exact) mass is 448 g/mol. The maximum absolute atomic E-state index is 14.3. The first kappa shape index (κ1) is 20.8. The van der Waals surface area contributed by atoms with E-state index < -0.39 is 16.0 Å². The van der Waals surface area contributed by atoms with E-state index in [1.165, 1.54) is 21.7 Å². The molecule has 158 valence electrons. The number of aryl methyl sites for hydroxylation is 1. The lowest BCUT2D eigenvalue weighted by molar-refractivity contribution is -0.136. The number of carboxylic acids is 1. The number of hydrogen-bond acceptors (Lipinski definition) is 5. The summed E-state index contributed by atoms with van der Waals surface area (Å²) < 4.78 is 42.8. The predicted molar refractivity (Wildman–Crippen MR) is 115 cm³/mol. The smallest absolute Gasteiger partial charge is 0.307 e. The predicted octanol–water partition coefficient (Wildman–Crippen LogP) is 3.49. The second-order valence-corrected chi connectivity index (χ2v) is 10.2. The fourth-order valence-corrected chi connectivity index (χ4v) is 6.10. The van der Waals surface area contributed by atoms with Crippen molar-refractivity contribution in [2.75, 3.05) is 31.1 Å². The van der Waals surface area contributed by atoms with Gasteiger partial charge < -0.3 is 10.0 Å². The summed E-state index contributed by atoms with van der Waals surface area (Å²) in [4.78, 5) is 13.1. The molecule has 9 heteroatoms. The first-order chi connectivity index (χ1) is 14.3. The van der Waals surface area contributed by atoms with Crippen molar-refractivity contribution in [3.8, 4) is 0 Å². The number of fused-ring (bicyclic) bond motifs is 1. The molecule has 0 spiro atoms. The van der Waals surface area contributed by atoms with Gasteiger partial charge in [-0.3, -0.25) is 4.79 Å². The van der Waals surface area contributed by atoms with E-state index in [1.54, 1.807) is 29.6 Å². The molecule has 2 aromatic carbocycles. The van der Waals surface area contributed by atoms with Crippen LogP contribution in [0.25, 0.3) is 10.1 Å². The summed E-state index contributed by atoms with van der Waals surface area (Å²) in [5, 5.41) is 11.5. The summed E-state index contributed by atoms with van der Waals surface area (Å²) in [5.41, 5.74) is 1.93. The van der Waals surface area contributed by atoms with Crippen LogP contribution in [0.15, 0.2) is 46.7 Å². The van der Waals surface area contributed by atoms with E-state index in [-0.39, 0.29) is 30.2 Å². The Hall–Kier alpha value is -2.49. The molecule has 4 rings (SSSR count). The minimum Gasteiger partial charge on any atom is -0.481 e. The van der Waals surface area contributed by atoms with Gasteiger partial charge in [-0.25, -0.2) is 12.8 Å². The highest BCUT2D eigenvalue weighted by molar-refractivity contribution is 7.89. The molecule has 0 radical (unpaired) electrons. The summed E-state index contributed by atoms with van der Waals surface area (Å²) in [6.07, 6.45) is -0.149.